The van der Waals surface area contributed by atoms with Gasteiger partial charge in [0.15, 0.2) is 5.69 Å². The molecule has 66 valence electrons. The molecular weight excluding hydrogens is 258 g/mol. The third-order valence-corrected chi connectivity index (χ3v) is 1.88. The summed E-state index contributed by atoms with van der Waals surface area (Å²) in [5.41, 5.74) is -0.0678. The van der Waals surface area contributed by atoms with Crippen molar-refractivity contribution in [3.8, 4) is 0 Å². The maximum atomic E-state index is 10.5. The van der Waals surface area contributed by atoms with Gasteiger partial charge in [0.05, 0.1) is 14.6 Å². The van der Waals surface area contributed by atoms with E-state index in [0.29, 0.717) is 4.47 Å². The van der Waals surface area contributed by atoms with Crippen LogP contribution in [0.4, 0.5) is 11.4 Å². The van der Waals surface area contributed by atoms with Gasteiger partial charge in [-0.1, -0.05) is 0 Å². The molecule has 0 N–H and O–H groups in total. The van der Waals surface area contributed by atoms with Gasteiger partial charge in [-0.05, 0) is 28.1 Å². The monoisotopic (exact) mass is 259 g/mol. The molecule has 1 aromatic heterocycles. The molecule has 0 amide bonds. The van der Waals surface area contributed by atoms with Crippen LogP contribution in [0.5, 0.6) is 0 Å². The summed E-state index contributed by atoms with van der Waals surface area (Å²) in [4.78, 5) is 17.1. The van der Waals surface area contributed by atoms with E-state index in [1.165, 1.54) is 6.20 Å². The second-order valence-electron chi connectivity index (χ2n) is 1.95. The van der Waals surface area contributed by atoms with Crippen LogP contribution in [0.15, 0.2) is 21.9 Å². The number of isothiocyanates is 1. The van der Waals surface area contributed by atoms with Gasteiger partial charge in [0.1, 0.15) is 6.20 Å². The van der Waals surface area contributed by atoms with Crippen molar-refractivity contribution >= 4 is 44.7 Å². The van der Waals surface area contributed by atoms with Crippen molar-refractivity contribution < 1.29 is 4.92 Å². The van der Waals surface area contributed by atoms with Gasteiger partial charge in [-0.3, -0.25) is 15.1 Å². The van der Waals surface area contributed by atoms with Crippen molar-refractivity contribution in [2.45, 2.75) is 0 Å². The van der Waals surface area contributed by atoms with E-state index in [0.717, 1.165) is 6.20 Å². The molecule has 0 radical (unpaired) electrons. The molecule has 0 bridgehead atoms. The molecule has 5 nitrogen and oxygen atoms in total. The fourth-order valence-electron chi connectivity index (χ4n) is 0.708. The lowest BCUT2D eigenvalue weighted by Crippen LogP contribution is -1.89. The molecule has 0 atom stereocenters. The van der Waals surface area contributed by atoms with Crippen LogP contribution in [0.25, 0.3) is 0 Å². The molecule has 0 saturated carbocycles. The Balaban J connectivity index is 3.42. The Kier molecular flexibility index (Phi) is 3.18. The fraction of sp³-hybridized carbons (Fsp3) is 0. The predicted octanol–water partition coefficient (Wildman–Crippen LogP) is 2.49. The van der Waals surface area contributed by atoms with Crippen LogP contribution in [0.3, 0.4) is 0 Å². The highest BCUT2D eigenvalue weighted by Crippen LogP contribution is 2.33. The van der Waals surface area contributed by atoms with Crippen LogP contribution in [-0.2, 0) is 0 Å². The maximum Gasteiger partial charge on any atom is 0.314 e. The standard InChI is InChI=1S/C6H2BrN3O2S/c7-4-1-8-2-5(10(11)12)6(4)9-3-13/h1-2H. The van der Waals surface area contributed by atoms with Crippen molar-refractivity contribution in [1.82, 2.24) is 4.98 Å². The molecule has 0 unspecified atom stereocenters. The normalized spacial score (nSPS) is 9.00. The number of pyridine rings is 1. The molecule has 0 fully saturated rings. The van der Waals surface area contributed by atoms with Gasteiger partial charge in [-0.15, -0.1) is 0 Å². The van der Waals surface area contributed by atoms with Gasteiger partial charge < -0.3 is 0 Å². The zero-order chi connectivity index (χ0) is 9.84. The summed E-state index contributed by atoms with van der Waals surface area (Å²) in [5, 5.41) is 12.5. The maximum absolute atomic E-state index is 10.5. The Bertz CT molecular complexity index is 403. The summed E-state index contributed by atoms with van der Waals surface area (Å²) < 4.78 is 0.416. The summed E-state index contributed by atoms with van der Waals surface area (Å²) in [6.07, 6.45) is 2.51. The quantitative estimate of drug-likeness (QED) is 0.354. The lowest BCUT2D eigenvalue weighted by atomic mass is 10.3. The average molecular weight is 260 g/mol. The van der Waals surface area contributed by atoms with Crippen LogP contribution in [-0.4, -0.2) is 15.1 Å². The van der Waals surface area contributed by atoms with E-state index in [1.807, 2.05) is 0 Å². The minimum absolute atomic E-state index is 0.134. The Hall–Kier alpha value is -1.17. The van der Waals surface area contributed by atoms with E-state index >= 15 is 0 Å². The van der Waals surface area contributed by atoms with E-state index < -0.39 is 4.92 Å². The predicted molar refractivity (Wildman–Crippen MR) is 53.3 cm³/mol. The van der Waals surface area contributed by atoms with Crippen molar-refractivity contribution in [3.05, 3.63) is 27.0 Å². The van der Waals surface area contributed by atoms with Crippen LogP contribution in [0.2, 0.25) is 0 Å². The highest BCUT2D eigenvalue weighted by molar-refractivity contribution is 9.10. The number of aromatic nitrogens is 1. The van der Waals surface area contributed by atoms with Gasteiger partial charge in [0, 0.05) is 6.20 Å². The van der Waals surface area contributed by atoms with Crippen LogP contribution >= 0.6 is 28.1 Å². The Morgan fingerprint density at radius 2 is 2.38 bits per heavy atom. The van der Waals surface area contributed by atoms with Gasteiger partial charge in [0.2, 0.25) is 0 Å². The number of halogens is 1. The van der Waals surface area contributed by atoms with Gasteiger partial charge >= 0.3 is 5.69 Å². The minimum atomic E-state index is -0.580. The molecule has 0 aliphatic heterocycles. The molecule has 1 heterocycles. The van der Waals surface area contributed by atoms with Gasteiger partial charge in [0.25, 0.3) is 0 Å². The van der Waals surface area contributed by atoms with Crippen molar-refractivity contribution in [1.29, 1.82) is 0 Å². The molecule has 13 heavy (non-hydrogen) atoms. The molecule has 0 aromatic carbocycles. The van der Waals surface area contributed by atoms with E-state index in [9.17, 15) is 10.1 Å². The number of rotatable bonds is 2. The molecule has 1 aromatic rings. The van der Waals surface area contributed by atoms with Crippen molar-refractivity contribution in [2.24, 2.45) is 4.99 Å². The van der Waals surface area contributed by atoms with E-state index in [4.69, 9.17) is 0 Å². The zero-order valence-electron chi connectivity index (χ0n) is 6.10. The fourth-order valence-corrected chi connectivity index (χ4v) is 1.21. The third-order valence-electron chi connectivity index (χ3n) is 1.21. The summed E-state index contributed by atoms with van der Waals surface area (Å²) >= 11 is 7.43. The summed E-state index contributed by atoms with van der Waals surface area (Å²) in [6.45, 7) is 0. The lowest BCUT2D eigenvalue weighted by molar-refractivity contribution is -0.384. The van der Waals surface area contributed by atoms with Crippen LogP contribution < -0.4 is 0 Å². The van der Waals surface area contributed by atoms with Crippen LogP contribution in [0.1, 0.15) is 0 Å². The third kappa shape index (κ3) is 2.15. The van der Waals surface area contributed by atoms with E-state index in [2.05, 4.69) is 43.3 Å². The second-order valence-corrected chi connectivity index (χ2v) is 2.99. The van der Waals surface area contributed by atoms with Crippen molar-refractivity contribution in [3.63, 3.8) is 0 Å². The highest BCUT2D eigenvalue weighted by atomic mass is 79.9. The number of hydrogen-bond acceptors (Lipinski definition) is 5. The van der Waals surface area contributed by atoms with Crippen molar-refractivity contribution in [2.75, 3.05) is 0 Å². The number of thiocarbonyl (C=S) groups is 1. The SMILES string of the molecule is O=[N+]([O-])c1cncc(Br)c1N=C=S. The number of nitro groups is 1. The molecule has 1 rings (SSSR count). The minimum Gasteiger partial charge on any atom is -0.258 e. The van der Waals surface area contributed by atoms with Gasteiger partial charge in [-0.25, -0.2) is 0 Å². The smallest absolute Gasteiger partial charge is 0.258 e. The zero-order valence-corrected chi connectivity index (χ0v) is 8.50. The first-order valence-electron chi connectivity index (χ1n) is 3.02. The number of hydrogen-bond donors (Lipinski definition) is 0. The van der Waals surface area contributed by atoms with Crippen LogP contribution in [0, 0.1) is 10.1 Å². The first-order chi connectivity index (χ1) is 6.16. The molecule has 0 saturated heterocycles. The molecular formula is C6H2BrN3O2S. The molecule has 7 heteroatoms. The first-order valence-corrected chi connectivity index (χ1v) is 4.22. The van der Waals surface area contributed by atoms with Gasteiger partial charge in [-0.2, -0.15) is 4.99 Å². The second kappa shape index (κ2) is 4.18. The van der Waals surface area contributed by atoms with E-state index in [-0.39, 0.29) is 11.4 Å². The number of nitrogens with zero attached hydrogens (tertiary/aromatic N) is 3. The Morgan fingerprint density at radius 1 is 1.69 bits per heavy atom. The number of aliphatic imine (C=N–C) groups is 1. The summed E-state index contributed by atoms with van der Waals surface area (Å²) in [7, 11) is 0. The lowest BCUT2D eigenvalue weighted by Gasteiger charge is -1.96. The van der Waals surface area contributed by atoms with E-state index in [1.54, 1.807) is 0 Å². The first kappa shape index (κ1) is 9.91. The Morgan fingerprint density at radius 3 is 2.92 bits per heavy atom. The summed E-state index contributed by atoms with van der Waals surface area (Å²) in [5.74, 6) is 0. The molecule has 0 aliphatic carbocycles. The molecule has 0 aliphatic rings. The molecule has 0 spiro atoms. The summed E-state index contributed by atoms with van der Waals surface area (Å²) in [6, 6.07) is 0. The largest absolute Gasteiger partial charge is 0.314 e. The highest BCUT2D eigenvalue weighted by Gasteiger charge is 2.15. The topological polar surface area (TPSA) is 68.4 Å². The average Bonchev–Trinajstić information content (AvgIpc) is 2.08. The Labute approximate surface area is 86.8 Å².